The van der Waals surface area contributed by atoms with Gasteiger partial charge in [-0.25, -0.2) is 0 Å². The molecule has 0 aromatic carbocycles. The van der Waals surface area contributed by atoms with Crippen LogP contribution in [0.1, 0.15) is 47.0 Å². The molecule has 1 nitrogen and oxygen atoms in total. The second-order valence-corrected chi connectivity index (χ2v) is 5.96. The van der Waals surface area contributed by atoms with Crippen LogP contribution >= 0.6 is 0 Å². The van der Waals surface area contributed by atoms with Crippen LogP contribution in [0.2, 0.25) is 0 Å². The van der Waals surface area contributed by atoms with Crippen molar-refractivity contribution in [2.75, 3.05) is 0 Å². The Morgan fingerprint density at radius 1 is 1.53 bits per heavy atom. The normalized spacial score (nSPS) is 28.0. The molecule has 0 aromatic rings. The standard InChI is InChI=1S/C18H26O/c1-7-14(4)9-8-12-18(6)16(13(2)3)11-10-15(5)17(18)19/h7,9-10,16H,1-2,8,11-12H2,3-6H3/b14-9-/t16-,18-/m1/s1. The number of hydrogen-bond acceptors (Lipinski definition) is 1. The van der Waals surface area contributed by atoms with Gasteiger partial charge in [0.2, 0.25) is 0 Å². The molecule has 2 atom stereocenters. The van der Waals surface area contributed by atoms with Gasteiger partial charge in [-0.1, -0.05) is 49.5 Å². The summed E-state index contributed by atoms with van der Waals surface area (Å²) in [5, 5.41) is 0. The molecule has 0 amide bonds. The molecule has 1 aliphatic rings. The number of allylic oxidation sites excluding steroid dienone is 6. The minimum Gasteiger partial charge on any atom is -0.294 e. The zero-order valence-electron chi connectivity index (χ0n) is 12.8. The minimum atomic E-state index is -0.303. The second-order valence-electron chi connectivity index (χ2n) is 5.96. The van der Waals surface area contributed by atoms with Gasteiger partial charge in [0.1, 0.15) is 0 Å². The van der Waals surface area contributed by atoms with Crippen molar-refractivity contribution in [1.29, 1.82) is 0 Å². The highest BCUT2D eigenvalue weighted by Gasteiger charge is 2.42. The third-order valence-electron chi connectivity index (χ3n) is 4.35. The molecule has 0 spiro atoms. The lowest BCUT2D eigenvalue weighted by atomic mass is 9.62. The van der Waals surface area contributed by atoms with Crippen molar-refractivity contribution >= 4 is 5.78 Å². The highest BCUT2D eigenvalue weighted by molar-refractivity contribution is 6.00. The van der Waals surface area contributed by atoms with Crippen LogP contribution in [0.15, 0.2) is 48.1 Å². The lowest BCUT2D eigenvalue weighted by Gasteiger charge is -2.39. The maximum atomic E-state index is 12.6. The molecule has 1 rings (SSSR count). The number of rotatable bonds is 5. The first kappa shape index (κ1) is 15.7. The van der Waals surface area contributed by atoms with E-state index < -0.39 is 0 Å². The van der Waals surface area contributed by atoms with E-state index in [4.69, 9.17) is 0 Å². The van der Waals surface area contributed by atoms with Crippen LogP contribution < -0.4 is 0 Å². The van der Waals surface area contributed by atoms with Crippen LogP contribution in [0.3, 0.4) is 0 Å². The van der Waals surface area contributed by atoms with E-state index in [0.717, 1.165) is 30.4 Å². The summed E-state index contributed by atoms with van der Waals surface area (Å²) < 4.78 is 0. The molecule has 0 aliphatic heterocycles. The monoisotopic (exact) mass is 258 g/mol. The summed E-state index contributed by atoms with van der Waals surface area (Å²) >= 11 is 0. The van der Waals surface area contributed by atoms with Gasteiger partial charge < -0.3 is 0 Å². The van der Waals surface area contributed by atoms with Gasteiger partial charge >= 0.3 is 0 Å². The summed E-state index contributed by atoms with van der Waals surface area (Å²) in [7, 11) is 0. The Labute approximate surface area is 117 Å². The zero-order valence-corrected chi connectivity index (χ0v) is 12.8. The van der Waals surface area contributed by atoms with E-state index in [1.165, 1.54) is 5.57 Å². The largest absolute Gasteiger partial charge is 0.294 e. The quantitative estimate of drug-likeness (QED) is 0.500. The highest BCUT2D eigenvalue weighted by atomic mass is 16.1. The third kappa shape index (κ3) is 3.34. The first-order valence-electron chi connectivity index (χ1n) is 6.99. The van der Waals surface area contributed by atoms with Crippen molar-refractivity contribution in [3.63, 3.8) is 0 Å². The van der Waals surface area contributed by atoms with E-state index in [-0.39, 0.29) is 17.1 Å². The van der Waals surface area contributed by atoms with Crippen LogP contribution in [0.5, 0.6) is 0 Å². The summed E-state index contributed by atoms with van der Waals surface area (Å²) in [6.45, 7) is 15.9. The lowest BCUT2D eigenvalue weighted by molar-refractivity contribution is -0.127. The molecule has 0 saturated heterocycles. The summed E-state index contributed by atoms with van der Waals surface area (Å²) in [5.41, 5.74) is 2.89. The predicted octanol–water partition coefficient (Wildman–Crippen LogP) is 5.02. The number of carbonyl (C=O) groups excluding carboxylic acids is 1. The fraction of sp³-hybridized carbons (Fsp3) is 0.500. The maximum absolute atomic E-state index is 12.6. The van der Waals surface area contributed by atoms with E-state index in [1.54, 1.807) is 0 Å². The Kier molecular flexibility index (Phi) is 5.11. The molecule has 1 aliphatic carbocycles. The molecule has 0 saturated carbocycles. The zero-order chi connectivity index (χ0) is 14.6. The Morgan fingerprint density at radius 2 is 2.16 bits per heavy atom. The molecule has 0 N–H and O–H groups in total. The van der Waals surface area contributed by atoms with E-state index in [9.17, 15) is 4.79 Å². The molecule has 1 heteroatoms. The van der Waals surface area contributed by atoms with Gasteiger partial charge in [0.15, 0.2) is 5.78 Å². The van der Waals surface area contributed by atoms with Crippen LogP contribution in [0, 0.1) is 11.3 Å². The third-order valence-corrected chi connectivity index (χ3v) is 4.35. The second kappa shape index (κ2) is 6.18. The van der Waals surface area contributed by atoms with Gasteiger partial charge in [0, 0.05) is 5.41 Å². The average Bonchev–Trinajstić information content (AvgIpc) is 2.35. The smallest absolute Gasteiger partial charge is 0.164 e. The van der Waals surface area contributed by atoms with E-state index in [2.05, 4.69) is 32.2 Å². The van der Waals surface area contributed by atoms with E-state index in [0.29, 0.717) is 0 Å². The average molecular weight is 258 g/mol. The molecule has 0 aromatic heterocycles. The SMILES string of the molecule is C=C/C(C)=C\CC[C@@]1(C)C(=O)C(C)=CC[C@@H]1C(=C)C. The number of ketones is 1. The fourth-order valence-corrected chi connectivity index (χ4v) is 2.97. The van der Waals surface area contributed by atoms with Crippen molar-refractivity contribution in [3.8, 4) is 0 Å². The number of carbonyl (C=O) groups is 1. The highest BCUT2D eigenvalue weighted by Crippen LogP contribution is 2.44. The Balaban J connectivity index is 2.95. The van der Waals surface area contributed by atoms with Crippen molar-refractivity contribution in [2.24, 2.45) is 11.3 Å². The molecule has 19 heavy (non-hydrogen) atoms. The van der Waals surface area contributed by atoms with E-state index in [1.807, 2.05) is 26.8 Å². The van der Waals surface area contributed by atoms with Gasteiger partial charge in [-0.3, -0.25) is 4.79 Å². The molecule has 104 valence electrons. The van der Waals surface area contributed by atoms with Gasteiger partial charge in [0.05, 0.1) is 0 Å². The van der Waals surface area contributed by atoms with E-state index >= 15 is 0 Å². The Hall–Kier alpha value is -1.37. The lowest BCUT2D eigenvalue weighted by Crippen LogP contribution is -2.39. The maximum Gasteiger partial charge on any atom is 0.164 e. The van der Waals surface area contributed by atoms with Crippen molar-refractivity contribution in [2.45, 2.75) is 47.0 Å². The Morgan fingerprint density at radius 3 is 2.68 bits per heavy atom. The van der Waals surface area contributed by atoms with Crippen LogP contribution in [0.4, 0.5) is 0 Å². The topological polar surface area (TPSA) is 17.1 Å². The van der Waals surface area contributed by atoms with Crippen molar-refractivity contribution in [1.82, 2.24) is 0 Å². The number of hydrogen-bond donors (Lipinski definition) is 0. The molecule has 0 heterocycles. The molecular formula is C18H26O. The van der Waals surface area contributed by atoms with Crippen LogP contribution in [0.25, 0.3) is 0 Å². The van der Waals surface area contributed by atoms with Crippen LogP contribution in [-0.2, 0) is 4.79 Å². The summed E-state index contributed by atoms with van der Waals surface area (Å²) in [5.74, 6) is 0.553. The van der Waals surface area contributed by atoms with Crippen LogP contribution in [-0.4, -0.2) is 5.78 Å². The first-order valence-corrected chi connectivity index (χ1v) is 6.99. The molecule has 0 radical (unpaired) electrons. The summed E-state index contributed by atoms with van der Waals surface area (Å²) in [6, 6.07) is 0. The fourth-order valence-electron chi connectivity index (χ4n) is 2.97. The predicted molar refractivity (Wildman–Crippen MR) is 83.0 cm³/mol. The summed E-state index contributed by atoms with van der Waals surface area (Å²) in [6.07, 6.45) is 8.81. The van der Waals surface area contributed by atoms with Crippen molar-refractivity contribution < 1.29 is 4.79 Å². The molecule has 0 fully saturated rings. The molecular weight excluding hydrogens is 232 g/mol. The molecule has 0 bridgehead atoms. The minimum absolute atomic E-state index is 0.265. The first-order chi connectivity index (χ1) is 8.82. The summed E-state index contributed by atoms with van der Waals surface area (Å²) in [4.78, 5) is 12.6. The van der Waals surface area contributed by atoms with Crippen molar-refractivity contribution in [3.05, 3.63) is 48.1 Å². The molecule has 0 unspecified atom stereocenters. The van der Waals surface area contributed by atoms with Gasteiger partial charge in [-0.2, -0.15) is 0 Å². The number of Topliss-reactive ketones (excluding diaryl/α,β-unsaturated/α-hetero) is 1. The Bertz CT molecular complexity index is 450. The van der Waals surface area contributed by atoms with Gasteiger partial charge in [0.25, 0.3) is 0 Å². The van der Waals surface area contributed by atoms with Gasteiger partial charge in [-0.05, 0) is 51.5 Å². The van der Waals surface area contributed by atoms with Gasteiger partial charge in [-0.15, -0.1) is 0 Å².